The van der Waals surface area contributed by atoms with Crippen molar-refractivity contribution >= 4 is 5.97 Å². The highest BCUT2D eigenvalue weighted by molar-refractivity contribution is 5.86. The number of carbonyl (C=O) groups excluding carboxylic acids is 1. The van der Waals surface area contributed by atoms with Crippen LogP contribution in [-0.2, 0) is 66.4 Å². The zero-order valence-electron chi connectivity index (χ0n) is 27.4. The zero-order chi connectivity index (χ0) is 32.3. The average Bonchev–Trinajstić information content (AvgIpc) is 3.05. The molecule has 1 atom stereocenters. The minimum atomic E-state index is -0.412. The highest BCUT2D eigenvalue weighted by Gasteiger charge is 2.13. The fraction of sp³-hybridized carbons (Fsp3) is 0.903. The second-order valence-electron chi connectivity index (χ2n) is 9.71. The second-order valence-corrected chi connectivity index (χ2v) is 9.71. The number of esters is 1. The quantitative estimate of drug-likeness (QED) is 0.0558. The Morgan fingerprint density at radius 1 is 0.511 bits per heavy atom. The molecular weight excluding hydrogens is 596 g/mol. The molecule has 0 saturated carbocycles. The van der Waals surface area contributed by atoms with E-state index in [1.54, 1.807) is 6.92 Å². The van der Waals surface area contributed by atoms with Crippen molar-refractivity contribution in [2.75, 3.05) is 152 Å². The van der Waals surface area contributed by atoms with E-state index in [0.717, 1.165) is 25.9 Å². The van der Waals surface area contributed by atoms with E-state index in [9.17, 15) is 4.79 Å². The maximum atomic E-state index is 11.2. The van der Waals surface area contributed by atoms with E-state index in [0.29, 0.717) is 144 Å². The first-order valence-corrected chi connectivity index (χ1v) is 16.0. The fourth-order valence-electron chi connectivity index (χ4n) is 3.48. The molecule has 1 aliphatic heterocycles. The Kier molecular flexibility index (Phi) is 31.6. The van der Waals surface area contributed by atoms with Gasteiger partial charge >= 0.3 is 5.97 Å². The van der Waals surface area contributed by atoms with Crippen LogP contribution in [-0.4, -0.2) is 164 Å². The molecule has 0 spiro atoms. The summed E-state index contributed by atoms with van der Waals surface area (Å²) in [6.07, 6.45) is 3.18. The second kappa shape index (κ2) is 34.1. The standard InChI is InChI=1S/C31H58O14/c1-29(2)31(32)45-28-26-42-24-22-40-20-18-38-16-14-36-12-10-34-8-7-33-9-11-35-13-15-37-17-19-39-21-23-41-25-27-44-30-5-3-4-6-43-30/h30H,1,3-28H2,2H3. The van der Waals surface area contributed by atoms with Crippen molar-refractivity contribution in [3.05, 3.63) is 12.2 Å². The third-order valence-corrected chi connectivity index (χ3v) is 5.83. The molecule has 0 amide bonds. The Balaban J connectivity index is 1.61. The van der Waals surface area contributed by atoms with E-state index in [-0.39, 0.29) is 12.9 Å². The van der Waals surface area contributed by atoms with Crippen LogP contribution in [0.3, 0.4) is 0 Å². The Hall–Kier alpha value is -1.27. The molecule has 0 aromatic carbocycles. The highest BCUT2D eigenvalue weighted by atomic mass is 16.7. The van der Waals surface area contributed by atoms with Gasteiger partial charge in [-0.1, -0.05) is 6.58 Å². The molecule has 0 radical (unpaired) electrons. The van der Waals surface area contributed by atoms with Gasteiger partial charge in [-0.2, -0.15) is 0 Å². The van der Waals surface area contributed by atoms with Crippen LogP contribution < -0.4 is 0 Å². The summed E-state index contributed by atoms with van der Waals surface area (Å²) in [6, 6.07) is 0. The molecule has 1 unspecified atom stereocenters. The monoisotopic (exact) mass is 654 g/mol. The van der Waals surface area contributed by atoms with Gasteiger partial charge in [-0.25, -0.2) is 4.79 Å². The van der Waals surface area contributed by atoms with Crippen molar-refractivity contribution in [3.8, 4) is 0 Å². The van der Waals surface area contributed by atoms with Gasteiger partial charge in [0.05, 0.1) is 139 Å². The molecule has 0 bridgehead atoms. The summed E-state index contributed by atoms with van der Waals surface area (Å²) in [5, 5.41) is 0. The van der Waals surface area contributed by atoms with Crippen LogP contribution in [0.4, 0.5) is 0 Å². The summed E-state index contributed by atoms with van der Waals surface area (Å²) in [6.45, 7) is 16.4. The molecule has 14 heteroatoms. The molecule has 1 rings (SSSR count). The van der Waals surface area contributed by atoms with Crippen LogP contribution >= 0.6 is 0 Å². The van der Waals surface area contributed by atoms with Crippen LogP contribution in [0.25, 0.3) is 0 Å². The SMILES string of the molecule is C=C(C)C(=O)OCCOCCOCCOCCOCCOCCOCCOCCOCCOCCOCCOC1CCCCO1. The number of hydrogen-bond donors (Lipinski definition) is 0. The van der Waals surface area contributed by atoms with Crippen LogP contribution in [0.1, 0.15) is 26.2 Å². The maximum Gasteiger partial charge on any atom is 0.333 e. The first-order chi connectivity index (χ1) is 22.2. The predicted molar refractivity (Wildman–Crippen MR) is 164 cm³/mol. The largest absolute Gasteiger partial charge is 0.460 e. The van der Waals surface area contributed by atoms with Crippen molar-refractivity contribution in [1.82, 2.24) is 0 Å². The van der Waals surface area contributed by atoms with E-state index in [1.807, 2.05) is 0 Å². The zero-order valence-corrected chi connectivity index (χ0v) is 27.4. The van der Waals surface area contributed by atoms with Gasteiger partial charge in [-0.3, -0.25) is 0 Å². The molecule has 1 heterocycles. The predicted octanol–water partition coefficient (Wildman–Crippen LogP) is 1.81. The van der Waals surface area contributed by atoms with Crippen molar-refractivity contribution < 1.29 is 66.4 Å². The van der Waals surface area contributed by atoms with Crippen LogP contribution in [0.15, 0.2) is 12.2 Å². The number of hydrogen-bond acceptors (Lipinski definition) is 14. The molecule has 45 heavy (non-hydrogen) atoms. The smallest absolute Gasteiger partial charge is 0.333 e. The first kappa shape index (κ1) is 41.8. The van der Waals surface area contributed by atoms with Gasteiger partial charge in [0.15, 0.2) is 6.29 Å². The lowest BCUT2D eigenvalue weighted by atomic mass is 10.2. The molecule has 0 aromatic rings. The minimum Gasteiger partial charge on any atom is -0.460 e. The Morgan fingerprint density at radius 2 is 0.822 bits per heavy atom. The molecule has 1 saturated heterocycles. The fourth-order valence-corrected chi connectivity index (χ4v) is 3.48. The van der Waals surface area contributed by atoms with Crippen molar-refractivity contribution in [2.45, 2.75) is 32.5 Å². The summed E-state index contributed by atoms with van der Waals surface area (Å²) in [7, 11) is 0. The van der Waals surface area contributed by atoms with Crippen LogP contribution in [0, 0.1) is 0 Å². The summed E-state index contributed by atoms with van der Waals surface area (Å²) < 4.78 is 70.5. The molecule has 0 N–H and O–H groups in total. The third kappa shape index (κ3) is 31.1. The highest BCUT2D eigenvalue weighted by Crippen LogP contribution is 2.13. The molecule has 1 fully saturated rings. The van der Waals surface area contributed by atoms with Crippen molar-refractivity contribution in [3.63, 3.8) is 0 Å². The molecule has 14 nitrogen and oxygen atoms in total. The van der Waals surface area contributed by atoms with Crippen LogP contribution in [0.5, 0.6) is 0 Å². The van der Waals surface area contributed by atoms with E-state index in [4.69, 9.17) is 61.6 Å². The van der Waals surface area contributed by atoms with Gasteiger partial charge in [0.2, 0.25) is 0 Å². The van der Waals surface area contributed by atoms with Gasteiger partial charge in [0.25, 0.3) is 0 Å². The Morgan fingerprint density at radius 3 is 1.11 bits per heavy atom. The lowest BCUT2D eigenvalue weighted by Crippen LogP contribution is -2.24. The molecule has 266 valence electrons. The Bertz CT molecular complexity index is 648. The van der Waals surface area contributed by atoms with Crippen molar-refractivity contribution in [2.24, 2.45) is 0 Å². The van der Waals surface area contributed by atoms with Gasteiger partial charge in [-0.15, -0.1) is 0 Å². The van der Waals surface area contributed by atoms with Gasteiger partial charge < -0.3 is 61.6 Å². The summed E-state index contributed by atoms with van der Waals surface area (Å²) in [5.74, 6) is -0.412. The Labute approximate surface area is 269 Å². The number of carbonyl (C=O) groups is 1. The minimum absolute atomic E-state index is 0.0691. The van der Waals surface area contributed by atoms with E-state index in [2.05, 4.69) is 6.58 Å². The van der Waals surface area contributed by atoms with Crippen LogP contribution in [0.2, 0.25) is 0 Å². The maximum absolute atomic E-state index is 11.2. The molecule has 0 aliphatic carbocycles. The normalized spacial score (nSPS) is 15.0. The van der Waals surface area contributed by atoms with E-state index in [1.165, 1.54) is 0 Å². The first-order valence-electron chi connectivity index (χ1n) is 16.0. The van der Waals surface area contributed by atoms with E-state index < -0.39 is 5.97 Å². The summed E-state index contributed by atoms with van der Waals surface area (Å²) >= 11 is 0. The number of rotatable bonds is 35. The third-order valence-electron chi connectivity index (χ3n) is 5.83. The average molecular weight is 655 g/mol. The molecular formula is C31H58O14. The number of ether oxygens (including phenoxy) is 13. The van der Waals surface area contributed by atoms with Gasteiger partial charge in [0, 0.05) is 12.2 Å². The van der Waals surface area contributed by atoms with Crippen molar-refractivity contribution in [1.29, 1.82) is 0 Å². The molecule has 1 aliphatic rings. The lowest BCUT2D eigenvalue weighted by Gasteiger charge is -2.22. The summed E-state index contributed by atoms with van der Waals surface area (Å²) in [5.41, 5.74) is 0.370. The van der Waals surface area contributed by atoms with Gasteiger partial charge in [0.1, 0.15) is 6.61 Å². The molecule has 0 aromatic heterocycles. The van der Waals surface area contributed by atoms with E-state index >= 15 is 0 Å². The van der Waals surface area contributed by atoms with Gasteiger partial charge in [-0.05, 0) is 26.2 Å². The summed E-state index contributed by atoms with van der Waals surface area (Å²) in [4.78, 5) is 11.2. The lowest BCUT2D eigenvalue weighted by molar-refractivity contribution is -0.169. The topological polar surface area (TPSA) is 137 Å².